The number of aliphatic hydroxyl groups is 1. The number of nitrogens with zero attached hydrogens (tertiary/aromatic N) is 2. The predicted octanol–water partition coefficient (Wildman–Crippen LogP) is 1.56. The largest absolute Gasteiger partial charge is 0.393 e. The van der Waals surface area contributed by atoms with Crippen molar-refractivity contribution < 1.29 is 18.3 Å². The number of likely N-dealkylation sites (tertiary alicyclic amines) is 1. The third-order valence-corrected chi connectivity index (χ3v) is 8.18. The molecule has 6 nitrogen and oxygen atoms in total. The number of hydrogen-bond donors (Lipinski definition) is 1. The van der Waals surface area contributed by atoms with Gasteiger partial charge in [-0.2, -0.15) is 4.31 Å². The zero-order chi connectivity index (χ0) is 19.0. The summed E-state index contributed by atoms with van der Waals surface area (Å²) in [6.45, 7) is 2.00. The monoisotopic (exact) mass is 392 g/mol. The Morgan fingerprint density at radius 1 is 0.963 bits per heavy atom. The Bertz CT molecular complexity index is 807. The Balaban J connectivity index is 1.39. The molecule has 27 heavy (non-hydrogen) atoms. The molecule has 0 spiro atoms. The summed E-state index contributed by atoms with van der Waals surface area (Å²) in [6, 6.07) is 5.53. The van der Waals surface area contributed by atoms with Gasteiger partial charge in [-0.25, -0.2) is 8.42 Å². The molecular formula is C20H28N2O4S. The average molecular weight is 393 g/mol. The van der Waals surface area contributed by atoms with E-state index in [9.17, 15) is 18.3 Å². The van der Waals surface area contributed by atoms with Crippen molar-refractivity contribution in [3.63, 3.8) is 0 Å². The van der Waals surface area contributed by atoms with Crippen LogP contribution in [0.2, 0.25) is 0 Å². The third-order valence-electron chi connectivity index (χ3n) is 6.29. The highest BCUT2D eigenvalue weighted by molar-refractivity contribution is 7.89. The first kappa shape index (κ1) is 18.9. The summed E-state index contributed by atoms with van der Waals surface area (Å²) >= 11 is 0. The van der Waals surface area contributed by atoms with E-state index in [1.165, 1.54) is 9.87 Å². The maximum absolute atomic E-state index is 13.0. The summed E-state index contributed by atoms with van der Waals surface area (Å²) in [6.07, 6.45) is 5.21. The van der Waals surface area contributed by atoms with Crippen molar-refractivity contribution in [3.05, 3.63) is 29.3 Å². The highest BCUT2D eigenvalue weighted by Gasteiger charge is 2.35. The molecule has 0 saturated carbocycles. The fraction of sp³-hybridized carbons (Fsp3) is 0.650. The number of benzene rings is 1. The zero-order valence-corrected chi connectivity index (χ0v) is 16.5. The maximum atomic E-state index is 13.0. The molecule has 2 fully saturated rings. The molecular weight excluding hydrogens is 364 g/mol. The number of aliphatic hydroxyl groups excluding tert-OH is 1. The predicted molar refractivity (Wildman–Crippen MR) is 102 cm³/mol. The van der Waals surface area contributed by atoms with Crippen LogP contribution >= 0.6 is 0 Å². The van der Waals surface area contributed by atoms with Gasteiger partial charge in [0.05, 0.1) is 11.0 Å². The van der Waals surface area contributed by atoms with Gasteiger partial charge in [-0.1, -0.05) is 6.07 Å². The Hall–Kier alpha value is -1.44. The number of sulfonamides is 1. The van der Waals surface area contributed by atoms with Crippen molar-refractivity contribution >= 4 is 15.9 Å². The molecule has 1 N–H and O–H groups in total. The lowest BCUT2D eigenvalue weighted by Crippen LogP contribution is -2.47. The molecule has 2 saturated heterocycles. The molecule has 1 amide bonds. The number of piperidine rings is 2. The van der Waals surface area contributed by atoms with Crippen LogP contribution in [0.1, 0.15) is 43.2 Å². The van der Waals surface area contributed by atoms with Gasteiger partial charge in [-0.05, 0) is 68.2 Å². The highest BCUT2D eigenvalue weighted by atomic mass is 32.2. The molecule has 4 rings (SSSR count). The molecule has 148 valence electrons. The quantitative estimate of drug-likeness (QED) is 0.847. The fourth-order valence-corrected chi connectivity index (χ4v) is 6.07. The SMILES string of the molecule is O=C(C1CCN(S(=O)(=O)c2ccc3c(c2)CCC3)CC1)N1CCC(O)CC1. The summed E-state index contributed by atoms with van der Waals surface area (Å²) in [4.78, 5) is 14.9. The van der Waals surface area contributed by atoms with E-state index in [-0.39, 0.29) is 17.9 Å². The fourth-order valence-electron chi connectivity index (χ4n) is 4.55. The summed E-state index contributed by atoms with van der Waals surface area (Å²) in [5, 5.41) is 9.60. The lowest BCUT2D eigenvalue weighted by molar-refractivity contribution is -0.138. The van der Waals surface area contributed by atoms with Gasteiger partial charge in [0.1, 0.15) is 0 Å². The standard InChI is InChI=1S/C20H28N2O4S/c23-18-8-10-21(11-9-18)20(24)16-6-12-22(13-7-16)27(25,26)19-5-4-15-2-1-3-17(15)14-19/h4-5,14,16,18,23H,1-3,6-13H2. The Morgan fingerprint density at radius 2 is 1.63 bits per heavy atom. The molecule has 2 heterocycles. The summed E-state index contributed by atoms with van der Waals surface area (Å²) in [7, 11) is -3.49. The van der Waals surface area contributed by atoms with Gasteiger partial charge in [0, 0.05) is 32.1 Å². The van der Waals surface area contributed by atoms with Gasteiger partial charge in [0.15, 0.2) is 0 Å². The van der Waals surface area contributed by atoms with Crippen LogP contribution < -0.4 is 0 Å². The second-order valence-electron chi connectivity index (χ2n) is 8.02. The van der Waals surface area contributed by atoms with Crippen LogP contribution in [0.25, 0.3) is 0 Å². The molecule has 7 heteroatoms. The van der Waals surface area contributed by atoms with E-state index >= 15 is 0 Å². The highest BCUT2D eigenvalue weighted by Crippen LogP contribution is 2.29. The van der Waals surface area contributed by atoms with Crippen LogP contribution in [0.3, 0.4) is 0 Å². The second kappa shape index (κ2) is 7.53. The molecule has 3 aliphatic rings. The third kappa shape index (κ3) is 3.77. The van der Waals surface area contributed by atoms with Crippen molar-refractivity contribution in [2.24, 2.45) is 5.92 Å². The van der Waals surface area contributed by atoms with Crippen molar-refractivity contribution in [2.75, 3.05) is 26.2 Å². The number of carbonyl (C=O) groups excluding carboxylic acids is 1. The molecule has 1 aromatic rings. The Labute approximate surface area is 161 Å². The van der Waals surface area contributed by atoms with E-state index in [4.69, 9.17) is 0 Å². The van der Waals surface area contributed by atoms with Gasteiger partial charge in [-0.3, -0.25) is 4.79 Å². The first-order valence-corrected chi connectivity index (χ1v) is 11.5. The average Bonchev–Trinajstić information content (AvgIpc) is 3.16. The van der Waals surface area contributed by atoms with Crippen molar-refractivity contribution in [1.29, 1.82) is 0 Å². The van der Waals surface area contributed by atoms with Crippen LogP contribution in [0.15, 0.2) is 23.1 Å². The minimum atomic E-state index is -3.49. The topological polar surface area (TPSA) is 77.9 Å². The van der Waals surface area contributed by atoms with Crippen LogP contribution in [0, 0.1) is 5.92 Å². The first-order valence-electron chi connectivity index (χ1n) is 10.0. The summed E-state index contributed by atoms with van der Waals surface area (Å²) in [5.41, 5.74) is 2.43. The van der Waals surface area contributed by atoms with Crippen molar-refractivity contribution in [1.82, 2.24) is 9.21 Å². The lowest BCUT2D eigenvalue weighted by Gasteiger charge is -2.36. The van der Waals surface area contributed by atoms with E-state index in [2.05, 4.69) is 0 Å². The smallest absolute Gasteiger partial charge is 0.243 e. The molecule has 0 bridgehead atoms. The van der Waals surface area contributed by atoms with Crippen LogP contribution in [-0.2, 0) is 27.7 Å². The normalized spacial score (nSPS) is 22.8. The van der Waals surface area contributed by atoms with Crippen LogP contribution in [-0.4, -0.2) is 60.9 Å². The van der Waals surface area contributed by atoms with Crippen LogP contribution in [0.4, 0.5) is 0 Å². The van der Waals surface area contributed by atoms with Gasteiger partial charge < -0.3 is 10.0 Å². The van der Waals surface area contributed by atoms with Gasteiger partial charge in [0.25, 0.3) is 0 Å². The number of carbonyl (C=O) groups is 1. The number of rotatable bonds is 3. The lowest BCUT2D eigenvalue weighted by atomic mass is 9.95. The van der Waals surface area contributed by atoms with E-state index in [1.807, 2.05) is 17.0 Å². The minimum Gasteiger partial charge on any atom is -0.393 e. The first-order chi connectivity index (χ1) is 12.9. The zero-order valence-electron chi connectivity index (χ0n) is 15.6. The number of hydrogen-bond acceptors (Lipinski definition) is 4. The van der Waals surface area contributed by atoms with Crippen molar-refractivity contribution in [2.45, 2.75) is 55.9 Å². The van der Waals surface area contributed by atoms with Gasteiger partial charge in [-0.15, -0.1) is 0 Å². The van der Waals surface area contributed by atoms with E-state index in [0.29, 0.717) is 56.8 Å². The minimum absolute atomic E-state index is 0.105. The Morgan fingerprint density at radius 3 is 2.33 bits per heavy atom. The van der Waals surface area contributed by atoms with Gasteiger partial charge >= 0.3 is 0 Å². The van der Waals surface area contributed by atoms with Crippen molar-refractivity contribution in [3.8, 4) is 0 Å². The summed E-state index contributed by atoms with van der Waals surface area (Å²) in [5.74, 6) is 0.0168. The molecule has 0 unspecified atom stereocenters. The number of amides is 1. The maximum Gasteiger partial charge on any atom is 0.243 e. The molecule has 2 aliphatic heterocycles. The molecule has 1 aliphatic carbocycles. The Kier molecular flexibility index (Phi) is 5.27. The molecule has 0 radical (unpaired) electrons. The second-order valence-corrected chi connectivity index (χ2v) is 9.96. The van der Waals surface area contributed by atoms with E-state index < -0.39 is 10.0 Å². The van der Waals surface area contributed by atoms with Crippen LogP contribution in [0.5, 0.6) is 0 Å². The van der Waals surface area contributed by atoms with E-state index in [1.54, 1.807) is 6.07 Å². The summed E-state index contributed by atoms with van der Waals surface area (Å²) < 4.78 is 27.5. The molecule has 0 atom stereocenters. The molecule has 0 aromatic heterocycles. The number of aryl methyl sites for hydroxylation is 2. The number of fused-ring (bicyclic) bond motifs is 1. The van der Waals surface area contributed by atoms with E-state index in [0.717, 1.165) is 24.8 Å². The molecule has 1 aromatic carbocycles. The van der Waals surface area contributed by atoms with Gasteiger partial charge in [0.2, 0.25) is 15.9 Å².